The average Bonchev–Trinajstić information content (AvgIpc) is 2.97. The molecular weight excluding hydrogens is 292 g/mol. The summed E-state index contributed by atoms with van der Waals surface area (Å²) in [6, 6.07) is 9.56. The fraction of sp³-hybridized carbons (Fsp3) is 0.375. The highest BCUT2D eigenvalue weighted by Gasteiger charge is 2.28. The Labute approximate surface area is 135 Å². The van der Waals surface area contributed by atoms with Crippen LogP contribution in [0, 0.1) is 0 Å². The van der Waals surface area contributed by atoms with Crippen LogP contribution in [0.25, 0.3) is 0 Å². The Kier molecular flexibility index (Phi) is 4.47. The minimum Gasteiger partial charge on any atom is -0.353 e. The molecule has 0 saturated heterocycles. The molecule has 0 amide bonds. The third-order valence-corrected chi connectivity index (χ3v) is 3.63. The van der Waals surface area contributed by atoms with Crippen molar-refractivity contribution in [3.05, 3.63) is 35.9 Å². The molecule has 1 aliphatic rings. The molecule has 7 nitrogen and oxygen atoms in total. The number of carbonyl (C=O) groups is 1. The van der Waals surface area contributed by atoms with Gasteiger partial charge in [0.25, 0.3) is 11.9 Å². The van der Waals surface area contributed by atoms with Gasteiger partial charge in [-0.3, -0.25) is 4.79 Å². The highest BCUT2D eigenvalue weighted by molar-refractivity contribution is 6.03. The first-order chi connectivity index (χ1) is 11.1. The number of anilines is 1. The molecule has 2 heterocycles. The molecule has 3 rings (SSSR count). The topological polar surface area (TPSA) is 75.4 Å². The number of benzene rings is 1. The van der Waals surface area contributed by atoms with Crippen molar-refractivity contribution in [2.24, 2.45) is 4.99 Å². The molecule has 0 radical (unpaired) electrons. The lowest BCUT2D eigenvalue weighted by atomic mass is 9.99. The van der Waals surface area contributed by atoms with Gasteiger partial charge in [0.2, 0.25) is 5.95 Å². The summed E-state index contributed by atoms with van der Waals surface area (Å²) in [4.78, 5) is 23.2. The van der Waals surface area contributed by atoms with Crippen LogP contribution in [-0.4, -0.2) is 59.0 Å². The molecule has 1 N–H and O–H groups in total. The van der Waals surface area contributed by atoms with Crippen LogP contribution in [-0.2, 0) is 0 Å². The highest BCUT2D eigenvalue weighted by Crippen LogP contribution is 2.24. The van der Waals surface area contributed by atoms with E-state index < -0.39 is 5.92 Å². The third kappa shape index (κ3) is 3.45. The largest absolute Gasteiger partial charge is 0.353 e. The van der Waals surface area contributed by atoms with Gasteiger partial charge in [-0.1, -0.05) is 30.3 Å². The summed E-state index contributed by atoms with van der Waals surface area (Å²) >= 11 is 0. The van der Waals surface area contributed by atoms with E-state index in [1.807, 2.05) is 44.4 Å². The number of hydrogen-bond donors (Lipinski definition) is 1. The quantitative estimate of drug-likeness (QED) is 0.823. The molecule has 1 unspecified atom stereocenters. The Balaban J connectivity index is 1.69. The molecule has 0 bridgehead atoms. The standard InChI is InChI=1S/C16H20N6O/c1-21(2)10-6-9-17-15-19-16-18-11-13(14(23)22(16)20-15)12-7-4-3-5-8-12/h3-5,7-8,11,13H,6,9-10H2,1-2H3,(H,17,20). The summed E-state index contributed by atoms with van der Waals surface area (Å²) < 4.78 is 1.28. The van der Waals surface area contributed by atoms with Gasteiger partial charge >= 0.3 is 0 Å². The first kappa shape index (κ1) is 15.4. The summed E-state index contributed by atoms with van der Waals surface area (Å²) in [5, 5.41) is 7.38. The average molecular weight is 312 g/mol. The minimum absolute atomic E-state index is 0.130. The van der Waals surface area contributed by atoms with Crippen molar-refractivity contribution in [2.45, 2.75) is 12.3 Å². The number of aromatic nitrogens is 3. The number of carbonyl (C=O) groups excluding carboxylic acids is 1. The van der Waals surface area contributed by atoms with E-state index in [1.54, 1.807) is 6.21 Å². The van der Waals surface area contributed by atoms with Crippen molar-refractivity contribution >= 4 is 24.0 Å². The van der Waals surface area contributed by atoms with Gasteiger partial charge in [0.05, 0.1) is 0 Å². The molecule has 0 saturated carbocycles. The molecule has 0 fully saturated rings. The summed E-state index contributed by atoms with van der Waals surface area (Å²) in [5.41, 5.74) is 0.905. The summed E-state index contributed by atoms with van der Waals surface area (Å²) in [6.45, 7) is 1.73. The van der Waals surface area contributed by atoms with Crippen LogP contribution >= 0.6 is 0 Å². The Bertz CT molecular complexity index is 707. The van der Waals surface area contributed by atoms with E-state index in [0.717, 1.165) is 25.1 Å². The van der Waals surface area contributed by atoms with Crippen molar-refractivity contribution < 1.29 is 4.79 Å². The Morgan fingerprint density at radius 2 is 2.04 bits per heavy atom. The van der Waals surface area contributed by atoms with Gasteiger partial charge < -0.3 is 10.2 Å². The number of aliphatic imine (C=N–C) groups is 1. The zero-order valence-electron chi connectivity index (χ0n) is 13.3. The summed E-state index contributed by atoms with van der Waals surface area (Å²) in [7, 11) is 4.06. The SMILES string of the molecule is CN(C)CCCNc1nc2n(n1)C(=O)C(c1ccccc1)C=N2. The molecule has 0 aliphatic carbocycles. The molecule has 120 valence electrons. The minimum atomic E-state index is -0.410. The maximum atomic E-state index is 12.6. The second-order valence-corrected chi connectivity index (χ2v) is 5.74. The van der Waals surface area contributed by atoms with E-state index in [4.69, 9.17) is 0 Å². The lowest BCUT2D eigenvalue weighted by Crippen LogP contribution is -2.25. The summed E-state index contributed by atoms with van der Waals surface area (Å²) in [6.07, 6.45) is 2.61. The van der Waals surface area contributed by atoms with E-state index in [0.29, 0.717) is 11.9 Å². The normalized spacial score (nSPS) is 16.7. The van der Waals surface area contributed by atoms with Gasteiger partial charge in [-0.15, -0.1) is 5.10 Å². The Morgan fingerprint density at radius 1 is 1.26 bits per heavy atom. The summed E-state index contributed by atoms with van der Waals surface area (Å²) in [5.74, 6) is 0.234. The van der Waals surface area contributed by atoms with Crippen LogP contribution in [0.5, 0.6) is 0 Å². The van der Waals surface area contributed by atoms with Gasteiger partial charge in [0, 0.05) is 12.8 Å². The highest BCUT2D eigenvalue weighted by atomic mass is 16.2. The number of rotatable bonds is 6. The second-order valence-electron chi connectivity index (χ2n) is 5.74. The molecule has 7 heteroatoms. The van der Waals surface area contributed by atoms with E-state index >= 15 is 0 Å². The van der Waals surface area contributed by atoms with Crippen molar-refractivity contribution in [1.82, 2.24) is 19.7 Å². The van der Waals surface area contributed by atoms with Crippen LogP contribution in [0.2, 0.25) is 0 Å². The molecule has 1 atom stereocenters. The van der Waals surface area contributed by atoms with E-state index in [-0.39, 0.29) is 5.91 Å². The van der Waals surface area contributed by atoms with Crippen molar-refractivity contribution in [2.75, 3.05) is 32.5 Å². The van der Waals surface area contributed by atoms with Gasteiger partial charge in [-0.2, -0.15) is 9.67 Å². The van der Waals surface area contributed by atoms with Crippen LogP contribution in [0.15, 0.2) is 35.3 Å². The smallest absolute Gasteiger partial charge is 0.263 e. The van der Waals surface area contributed by atoms with Crippen molar-refractivity contribution in [1.29, 1.82) is 0 Å². The molecule has 2 aromatic rings. The van der Waals surface area contributed by atoms with E-state index in [1.165, 1.54) is 4.68 Å². The van der Waals surface area contributed by atoms with Gasteiger partial charge in [-0.25, -0.2) is 4.99 Å². The van der Waals surface area contributed by atoms with Crippen LogP contribution in [0.3, 0.4) is 0 Å². The Morgan fingerprint density at radius 3 is 2.78 bits per heavy atom. The molecular formula is C16H20N6O. The van der Waals surface area contributed by atoms with Gasteiger partial charge in [-0.05, 0) is 32.6 Å². The van der Waals surface area contributed by atoms with Gasteiger partial charge in [0.1, 0.15) is 5.92 Å². The van der Waals surface area contributed by atoms with Crippen molar-refractivity contribution in [3.63, 3.8) is 0 Å². The number of hydrogen-bond acceptors (Lipinski definition) is 6. The van der Waals surface area contributed by atoms with Crippen LogP contribution < -0.4 is 5.32 Å². The zero-order chi connectivity index (χ0) is 16.2. The van der Waals surface area contributed by atoms with E-state index in [2.05, 4.69) is 25.3 Å². The van der Waals surface area contributed by atoms with E-state index in [9.17, 15) is 4.79 Å². The number of fused-ring (bicyclic) bond motifs is 1. The molecule has 1 aromatic heterocycles. The number of nitrogens with one attached hydrogen (secondary N) is 1. The van der Waals surface area contributed by atoms with Crippen molar-refractivity contribution in [3.8, 4) is 0 Å². The number of nitrogens with zero attached hydrogens (tertiary/aromatic N) is 5. The second kappa shape index (κ2) is 6.70. The monoisotopic (exact) mass is 312 g/mol. The maximum Gasteiger partial charge on any atom is 0.263 e. The fourth-order valence-corrected chi connectivity index (χ4v) is 2.43. The molecule has 0 spiro atoms. The molecule has 1 aliphatic heterocycles. The lowest BCUT2D eigenvalue weighted by Gasteiger charge is -2.14. The predicted octanol–water partition coefficient (Wildman–Crippen LogP) is 1.78. The van der Waals surface area contributed by atoms with Crippen LogP contribution in [0.1, 0.15) is 22.7 Å². The first-order valence-corrected chi connectivity index (χ1v) is 7.64. The maximum absolute atomic E-state index is 12.6. The Hall–Kier alpha value is -2.54. The first-order valence-electron chi connectivity index (χ1n) is 7.64. The molecule has 23 heavy (non-hydrogen) atoms. The lowest BCUT2D eigenvalue weighted by molar-refractivity contribution is 0.0887. The van der Waals surface area contributed by atoms with Gasteiger partial charge in [0.15, 0.2) is 0 Å². The fourth-order valence-electron chi connectivity index (χ4n) is 2.43. The molecule has 1 aromatic carbocycles. The predicted molar refractivity (Wildman–Crippen MR) is 89.6 cm³/mol. The van der Waals surface area contributed by atoms with Crippen LogP contribution in [0.4, 0.5) is 11.9 Å². The third-order valence-electron chi connectivity index (χ3n) is 3.63. The zero-order valence-corrected chi connectivity index (χ0v) is 13.3.